The van der Waals surface area contributed by atoms with Crippen LogP contribution >= 0.6 is 0 Å². The maximum atomic E-state index is 14.2. The van der Waals surface area contributed by atoms with Gasteiger partial charge in [0.1, 0.15) is 5.82 Å². The van der Waals surface area contributed by atoms with Gasteiger partial charge in [-0.05, 0) is 32.0 Å². The second-order valence-corrected chi connectivity index (χ2v) is 5.21. The second-order valence-electron chi connectivity index (χ2n) is 5.21. The van der Waals surface area contributed by atoms with E-state index >= 15 is 0 Å². The lowest BCUT2D eigenvalue weighted by molar-refractivity contribution is 0.308. The molecule has 1 aliphatic heterocycles. The summed E-state index contributed by atoms with van der Waals surface area (Å²) in [4.78, 5) is 2.07. The predicted octanol–water partition coefficient (Wildman–Crippen LogP) is 2.66. The molecular weight excluding hydrogens is 250 g/mol. The third kappa shape index (κ3) is 1.93. The van der Waals surface area contributed by atoms with Crippen molar-refractivity contribution in [3.8, 4) is 0 Å². The van der Waals surface area contributed by atoms with Crippen LogP contribution < -0.4 is 5.73 Å². The zero-order valence-corrected chi connectivity index (χ0v) is 10.7. The van der Waals surface area contributed by atoms with E-state index in [1.165, 1.54) is 6.26 Å². The van der Waals surface area contributed by atoms with Crippen molar-refractivity contribution in [1.29, 1.82) is 0 Å². The summed E-state index contributed by atoms with van der Waals surface area (Å²) >= 11 is 0. The van der Waals surface area contributed by atoms with Crippen LogP contribution in [0, 0.1) is 17.6 Å². The summed E-state index contributed by atoms with van der Waals surface area (Å²) in [6.07, 6.45) is 2.18. The quantitative estimate of drug-likeness (QED) is 0.908. The number of benzene rings is 1. The zero-order valence-electron chi connectivity index (χ0n) is 10.7. The van der Waals surface area contributed by atoms with E-state index in [1.807, 2.05) is 7.05 Å². The van der Waals surface area contributed by atoms with Crippen LogP contribution in [0.15, 0.2) is 22.8 Å². The summed E-state index contributed by atoms with van der Waals surface area (Å²) in [6.45, 7) is 1.41. The summed E-state index contributed by atoms with van der Waals surface area (Å²) in [6, 6.07) is 2.46. The maximum Gasteiger partial charge on any atom is 0.170 e. The van der Waals surface area contributed by atoms with Gasteiger partial charge in [0.05, 0.1) is 6.26 Å². The second kappa shape index (κ2) is 4.58. The van der Waals surface area contributed by atoms with Crippen molar-refractivity contribution in [3.05, 3.63) is 35.6 Å². The Balaban J connectivity index is 2.12. The van der Waals surface area contributed by atoms with Crippen molar-refractivity contribution >= 4 is 11.0 Å². The van der Waals surface area contributed by atoms with Gasteiger partial charge in [-0.25, -0.2) is 8.78 Å². The van der Waals surface area contributed by atoms with Gasteiger partial charge in [0.15, 0.2) is 11.4 Å². The van der Waals surface area contributed by atoms with Crippen molar-refractivity contribution < 1.29 is 13.2 Å². The maximum absolute atomic E-state index is 14.2. The summed E-state index contributed by atoms with van der Waals surface area (Å²) in [5.74, 6) is -0.820. The van der Waals surface area contributed by atoms with E-state index in [0.29, 0.717) is 23.4 Å². The molecule has 1 aromatic carbocycles. The minimum absolute atomic E-state index is 0.0748. The Morgan fingerprint density at radius 3 is 2.89 bits per heavy atom. The number of furan rings is 1. The Kier molecular flexibility index (Phi) is 3.03. The Bertz CT molecular complexity index is 611. The molecule has 1 saturated heterocycles. The molecule has 3 nitrogen and oxygen atoms in total. The molecule has 0 bridgehead atoms. The fourth-order valence-electron chi connectivity index (χ4n) is 3.04. The first-order chi connectivity index (χ1) is 9.11. The van der Waals surface area contributed by atoms with Gasteiger partial charge in [0, 0.05) is 29.6 Å². The molecule has 0 amide bonds. The van der Waals surface area contributed by atoms with Crippen LogP contribution in [0.3, 0.4) is 0 Å². The van der Waals surface area contributed by atoms with Crippen LogP contribution in [-0.2, 0) is 0 Å². The molecule has 2 aromatic rings. The van der Waals surface area contributed by atoms with Crippen LogP contribution in [0.4, 0.5) is 8.78 Å². The van der Waals surface area contributed by atoms with Gasteiger partial charge in [-0.1, -0.05) is 0 Å². The molecule has 5 heteroatoms. The van der Waals surface area contributed by atoms with E-state index in [1.54, 1.807) is 6.07 Å². The van der Waals surface area contributed by atoms with Gasteiger partial charge >= 0.3 is 0 Å². The van der Waals surface area contributed by atoms with Crippen molar-refractivity contribution in [2.24, 2.45) is 11.7 Å². The predicted molar refractivity (Wildman–Crippen MR) is 68.7 cm³/mol. The number of hydrogen-bond acceptors (Lipinski definition) is 3. The highest BCUT2D eigenvalue weighted by Gasteiger charge is 2.33. The highest BCUT2D eigenvalue weighted by atomic mass is 19.1. The van der Waals surface area contributed by atoms with Crippen LogP contribution in [0.5, 0.6) is 0 Å². The molecule has 0 radical (unpaired) electrons. The van der Waals surface area contributed by atoms with Gasteiger partial charge in [-0.15, -0.1) is 0 Å². The molecule has 2 atom stereocenters. The molecule has 1 aliphatic rings. The van der Waals surface area contributed by atoms with Gasteiger partial charge < -0.3 is 10.2 Å². The van der Waals surface area contributed by atoms with Gasteiger partial charge in [-0.2, -0.15) is 0 Å². The average Bonchev–Trinajstić information content (AvgIpc) is 2.97. The first-order valence-electron chi connectivity index (χ1n) is 6.37. The fourth-order valence-corrected chi connectivity index (χ4v) is 3.04. The van der Waals surface area contributed by atoms with Crippen molar-refractivity contribution in [2.75, 3.05) is 20.1 Å². The smallest absolute Gasteiger partial charge is 0.170 e. The number of halogens is 2. The number of likely N-dealkylation sites (tertiary alicyclic amines) is 1. The number of nitrogens with two attached hydrogens (primary N) is 1. The first kappa shape index (κ1) is 12.6. The number of rotatable bonds is 2. The Morgan fingerprint density at radius 1 is 1.42 bits per heavy atom. The number of nitrogens with zero attached hydrogens (tertiary/aromatic N) is 1. The average molecular weight is 266 g/mol. The third-order valence-corrected chi connectivity index (χ3v) is 3.98. The largest absolute Gasteiger partial charge is 0.461 e. The van der Waals surface area contributed by atoms with Crippen LogP contribution in [0.25, 0.3) is 11.0 Å². The summed E-state index contributed by atoms with van der Waals surface area (Å²) in [5, 5.41) is 0.520. The molecule has 102 valence electrons. The van der Waals surface area contributed by atoms with Gasteiger partial charge in [0.2, 0.25) is 0 Å². The lowest BCUT2D eigenvalue weighted by Crippen LogP contribution is -2.21. The standard InChI is InChI=1S/C14H16F2N2O/c1-18-7-8(6-17)4-12(18)13-9-2-3-19-14(9)11(16)5-10(13)15/h2-3,5,8,12H,4,6-7,17H2,1H3. The lowest BCUT2D eigenvalue weighted by atomic mass is 9.96. The minimum atomic E-state index is -0.655. The number of hydrogen-bond donors (Lipinski definition) is 1. The van der Waals surface area contributed by atoms with Crippen LogP contribution in [0.1, 0.15) is 18.0 Å². The van der Waals surface area contributed by atoms with Crippen molar-refractivity contribution in [2.45, 2.75) is 12.5 Å². The third-order valence-electron chi connectivity index (χ3n) is 3.98. The van der Waals surface area contributed by atoms with Crippen molar-refractivity contribution in [3.63, 3.8) is 0 Å². The lowest BCUT2D eigenvalue weighted by Gasteiger charge is -2.21. The Labute approximate surface area is 110 Å². The SMILES string of the molecule is CN1CC(CN)CC1c1c(F)cc(F)c2occc12. The van der Waals surface area contributed by atoms with Gasteiger partial charge in [-0.3, -0.25) is 4.90 Å². The van der Waals surface area contributed by atoms with E-state index in [-0.39, 0.29) is 11.6 Å². The molecule has 3 rings (SSSR count). The molecule has 0 aliphatic carbocycles. The highest BCUT2D eigenvalue weighted by Crippen LogP contribution is 2.39. The normalized spacial score (nSPS) is 24.4. The molecule has 0 saturated carbocycles. The first-order valence-corrected chi connectivity index (χ1v) is 6.37. The van der Waals surface area contributed by atoms with Gasteiger partial charge in [0.25, 0.3) is 0 Å². The minimum Gasteiger partial charge on any atom is -0.461 e. The summed E-state index contributed by atoms with van der Waals surface area (Å²) in [5.41, 5.74) is 6.34. The molecule has 19 heavy (non-hydrogen) atoms. The molecule has 1 fully saturated rings. The van der Waals surface area contributed by atoms with Crippen molar-refractivity contribution in [1.82, 2.24) is 4.90 Å². The monoisotopic (exact) mass is 266 g/mol. The highest BCUT2D eigenvalue weighted by molar-refractivity contribution is 5.82. The molecule has 0 spiro atoms. The van der Waals surface area contributed by atoms with E-state index in [4.69, 9.17) is 10.2 Å². The molecular formula is C14H16F2N2O. The molecule has 2 heterocycles. The Morgan fingerprint density at radius 2 is 2.21 bits per heavy atom. The zero-order chi connectivity index (χ0) is 13.6. The molecule has 2 N–H and O–H groups in total. The number of fused-ring (bicyclic) bond motifs is 1. The molecule has 1 aromatic heterocycles. The van der Waals surface area contributed by atoms with E-state index in [0.717, 1.165) is 19.0 Å². The van der Waals surface area contributed by atoms with E-state index in [2.05, 4.69) is 4.90 Å². The van der Waals surface area contributed by atoms with Crippen LogP contribution in [-0.4, -0.2) is 25.0 Å². The van der Waals surface area contributed by atoms with E-state index in [9.17, 15) is 8.78 Å². The summed E-state index contributed by atoms with van der Waals surface area (Å²) < 4.78 is 32.9. The fraction of sp³-hybridized carbons (Fsp3) is 0.429. The van der Waals surface area contributed by atoms with Crippen LogP contribution in [0.2, 0.25) is 0 Å². The summed E-state index contributed by atoms with van der Waals surface area (Å²) in [7, 11) is 1.94. The molecule has 2 unspecified atom stereocenters. The topological polar surface area (TPSA) is 42.4 Å². The Hall–Kier alpha value is -1.46. The van der Waals surface area contributed by atoms with E-state index < -0.39 is 11.6 Å².